The molecular formula is C24H20ClN3O4. The van der Waals surface area contributed by atoms with Crippen molar-refractivity contribution in [3.05, 3.63) is 77.3 Å². The molecule has 0 fully saturated rings. The minimum Gasteiger partial charge on any atom is -0.497 e. The van der Waals surface area contributed by atoms with Crippen LogP contribution in [0.15, 0.2) is 66.7 Å². The molecule has 4 rings (SSSR count). The second-order valence-electron chi connectivity index (χ2n) is 7.06. The van der Waals surface area contributed by atoms with E-state index in [4.69, 9.17) is 21.1 Å². The Balaban J connectivity index is 1.47. The Bertz CT molecular complexity index is 1280. The number of esters is 1. The van der Waals surface area contributed by atoms with Crippen LogP contribution in [-0.2, 0) is 9.53 Å². The highest BCUT2D eigenvalue weighted by molar-refractivity contribution is 6.33. The van der Waals surface area contributed by atoms with Crippen LogP contribution in [0.1, 0.15) is 17.3 Å². The fourth-order valence-electron chi connectivity index (χ4n) is 3.10. The summed E-state index contributed by atoms with van der Waals surface area (Å²) in [5.41, 5.74) is 3.03. The number of aromatic nitrogens is 2. The SMILES string of the molecule is COc1ccc(-c2nc3ccc(C(=O)OC(C)C(=O)Nc4ccccc4Cl)cc3[nH]2)cc1. The second kappa shape index (κ2) is 9.11. The summed E-state index contributed by atoms with van der Waals surface area (Å²) < 4.78 is 10.5. The fraction of sp³-hybridized carbons (Fsp3) is 0.125. The number of imidazole rings is 1. The molecule has 32 heavy (non-hydrogen) atoms. The summed E-state index contributed by atoms with van der Waals surface area (Å²) >= 11 is 6.05. The Morgan fingerprint density at radius 2 is 1.81 bits per heavy atom. The molecule has 4 aromatic rings. The van der Waals surface area contributed by atoms with E-state index < -0.39 is 18.0 Å². The van der Waals surface area contributed by atoms with E-state index in [1.807, 2.05) is 24.3 Å². The third-order valence-corrected chi connectivity index (χ3v) is 5.20. The van der Waals surface area contributed by atoms with Crippen molar-refractivity contribution in [3.8, 4) is 17.1 Å². The Kier molecular flexibility index (Phi) is 6.09. The molecule has 1 unspecified atom stereocenters. The molecule has 7 nitrogen and oxygen atoms in total. The lowest BCUT2D eigenvalue weighted by Crippen LogP contribution is -2.30. The van der Waals surface area contributed by atoms with E-state index in [0.717, 1.165) is 11.3 Å². The first-order valence-electron chi connectivity index (χ1n) is 9.85. The van der Waals surface area contributed by atoms with Crippen LogP contribution >= 0.6 is 11.6 Å². The topological polar surface area (TPSA) is 93.3 Å². The zero-order valence-electron chi connectivity index (χ0n) is 17.4. The first-order chi connectivity index (χ1) is 15.4. The Hall–Kier alpha value is -3.84. The highest BCUT2D eigenvalue weighted by Gasteiger charge is 2.20. The van der Waals surface area contributed by atoms with Crippen LogP contribution < -0.4 is 10.1 Å². The van der Waals surface area contributed by atoms with Crippen LogP contribution in [-0.4, -0.2) is 35.1 Å². The van der Waals surface area contributed by atoms with Crippen molar-refractivity contribution in [2.75, 3.05) is 12.4 Å². The molecule has 8 heteroatoms. The first-order valence-corrected chi connectivity index (χ1v) is 10.2. The predicted molar refractivity (Wildman–Crippen MR) is 123 cm³/mol. The highest BCUT2D eigenvalue weighted by atomic mass is 35.5. The molecule has 1 heterocycles. The standard InChI is InChI=1S/C24H20ClN3O4/c1-14(23(29)28-19-6-4-3-5-18(19)25)32-24(30)16-9-12-20-21(13-16)27-22(26-20)15-7-10-17(31-2)11-8-15/h3-14H,1-2H3,(H,26,27)(H,28,29). The molecule has 2 N–H and O–H groups in total. The van der Waals surface area contributed by atoms with Crippen molar-refractivity contribution in [2.24, 2.45) is 0 Å². The van der Waals surface area contributed by atoms with Gasteiger partial charge in [-0.2, -0.15) is 0 Å². The van der Waals surface area contributed by atoms with Crippen molar-refractivity contribution in [2.45, 2.75) is 13.0 Å². The molecule has 3 aromatic carbocycles. The van der Waals surface area contributed by atoms with Crippen molar-refractivity contribution >= 4 is 40.2 Å². The third-order valence-electron chi connectivity index (χ3n) is 4.87. The maximum Gasteiger partial charge on any atom is 0.338 e. The van der Waals surface area contributed by atoms with Gasteiger partial charge in [-0.05, 0) is 61.5 Å². The molecule has 0 aliphatic carbocycles. The molecule has 1 amide bonds. The average Bonchev–Trinajstić information content (AvgIpc) is 3.24. The number of methoxy groups -OCH3 is 1. The molecule has 0 spiro atoms. The van der Waals surface area contributed by atoms with E-state index in [1.165, 1.54) is 6.92 Å². The maximum atomic E-state index is 12.6. The molecule has 0 aliphatic heterocycles. The lowest BCUT2D eigenvalue weighted by Gasteiger charge is -2.14. The van der Waals surface area contributed by atoms with Crippen LogP contribution in [0.3, 0.4) is 0 Å². The van der Waals surface area contributed by atoms with Gasteiger partial charge in [-0.15, -0.1) is 0 Å². The Morgan fingerprint density at radius 1 is 1.06 bits per heavy atom. The van der Waals surface area contributed by atoms with Gasteiger partial charge >= 0.3 is 5.97 Å². The van der Waals surface area contributed by atoms with Crippen LogP contribution in [0.4, 0.5) is 5.69 Å². The van der Waals surface area contributed by atoms with Crippen LogP contribution in [0.25, 0.3) is 22.4 Å². The highest BCUT2D eigenvalue weighted by Crippen LogP contribution is 2.24. The normalized spacial score (nSPS) is 11.7. The second-order valence-corrected chi connectivity index (χ2v) is 7.47. The predicted octanol–water partition coefficient (Wildman–Crippen LogP) is 5.08. The van der Waals surface area contributed by atoms with Crippen LogP contribution in [0.5, 0.6) is 5.75 Å². The Labute approximate surface area is 189 Å². The number of hydrogen-bond donors (Lipinski definition) is 2. The lowest BCUT2D eigenvalue weighted by molar-refractivity contribution is -0.123. The number of ether oxygens (including phenoxy) is 2. The van der Waals surface area contributed by atoms with Gasteiger partial charge in [-0.25, -0.2) is 9.78 Å². The number of hydrogen-bond acceptors (Lipinski definition) is 5. The number of halogens is 1. The monoisotopic (exact) mass is 449 g/mol. The number of aromatic amines is 1. The van der Waals surface area contributed by atoms with Gasteiger partial charge in [0.05, 0.1) is 34.4 Å². The maximum absolute atomic E-state index is 12.6. The molecule has 0 bridgehead atoms. The number of nitrogens with zero attached hydrogens (tertiary/aromatic N) is 1. The summed E-state index contributed by atoms with van der Waals surface area (Å²) in [7, 11) is 1.61. The van der Waals surface area contributed by atoms with Gasteiger partial charge in [-0.3, -0.25) is 4.79 Å². The molecule has 0 radical (unpaired) electrons. The zero-order valence-corrected chi connectivity index (χ0v) is 18.1. The minimum absolute atomic E-state index is 0.305. The largest absolute Gasteiger partial charge is 0.497 e. The summed E-state index contributed by atoms with van der Waals surface area (Å²) in [5.74, 6) is 0.327. The van der Waals surface area contributed by atoms with Crippen LogP contribution in [0, 0.1) is 0 Å². The molecule has 162 valence electrons. The number of benzene rings is 3. The van der Waals surface area contributed by atoms with Crippen molar-refractivity contribution in [1.29, 1.82) is 0 Å². The van der Waals surface area contributed by atoms with Gasteiger partial charge in [0, 0.05) is 5.56 Å². The number of carbonyl (C=O) groups is 2. The summed E-state index contributed by atoms with van der Waals surface area (Å²) in [6.07, 6.45) is -1.01. The van der Waals surface area contributed by atoms with Gasteiger partial charge in [0.25, 0.3) is 5.91 Å². The summed E-state index contributed by atoms with van der Waals surface area (Å²) in [6, 6.07) is 19.3. The molecule has 0 saturated heterocycles. The molecule has 0 aliphatic rings. The van der Waals surface area contributed by atoms with Gasteiger partial charge < -0.3 is 19.8 Å². The number of amides is 1. The number of H-pyrrole nitrogens is 1. The number of carbonyl (C=O) groups excluding carboxylic acids is 2. The summed E-state index contributed by atoms with van der Waals surface area (Å²) in [5, 5.41) is 3.05. The van der Waals surface area contributed by atoms with E-state index >= 15 is 0 Å². The summed E-state index contributed by atoms with van der Waals surface area (Å²) in [6.45, 7) is 1.50. The fourth-order valence-corrected chi connectivity index (χ4v) is 3.28. The molecule has 1 atom stereocenters. The molecular weight excluding hydrogens is 430 g/mol. The van der Waals surface area contributed by atoms with Crippen molar-refractivity contribution in [3.63, 3.8) is 0 Å². The smallest absolute Gasteiger partial charge is 0.338 e. The number of nitrogens with one attached hydrogen (secondary N) is 2. The van der Waals surface area contributed by atoms with E-state index in [0.29, 0.717) is 33.1 Å². The first kappa shape index (κ1) is 21.4. The average molecular weight is 450 g/mol. The minimum atomic E-state index is -1.01. The van der Waals surface area contributed by atoms with Crippen molar-refractivity contribution < 1.29 is 19.1 Å². The number of fused-ring (bicyclic) bond motifs is 1. The Morgan fingerprint density at radius 3 is 2.53 bits per heavy atom. The third kappa shape index (κ3) is 4.58. The number of anilines is 1. The number of para-hydroxylation sites is 1. The van der Waals surface area contributed by atoms with Crippen molar-refractivity contribution in [1.82, 2.24) is 9.97 Å². The lowest BCUT2D eigenvalue weighted by atomic mass is 10.2. The quantitative estimate of drug-likeness (QED) is 0.400. The van der Waals surface area contributed by atoms with E-state index in [-0.39, 0.29) is 0 Å². The van der Waals surface area contributed by atoms with E-state index in [2.05, 4.69) is 15.3 Å². The molecule has 0 saturated carbocycles. The van der Waals surface area contributed by atoms with Gasteiger partial charge in [-0.1, -0.05) is 23.7 Å². The van der Waals surface area contributed by atoms with E-state index in [1.54, 1.807) is 49.6 Å². The number of rotatable bonds is 6. The summed E-state index contributed by atoms with van der Waals surface area (Å²) in [4.78, 5) is 32.7. The van der Waals surface area contributed by atoms with E-state index in [9.17, 15) is 9.59 Å². The van der Waals surface area contributed by atoms with Gasteiger partial charge in [0.15, 0.2) is 6.10 Å². The van der Waals surface area contributed by atoms with Crippen LogP contribution in [0.2, 0.25) is 5.02 Å². The zero-order chi connectivity index (χ0) is 22.7. The molecule has 1 aromatic heterocycles. The van der Waals surface area contributed by atoms with Gasteiger partial charge in [0.1, 0.15) is 11.6 Å². The van der Waals surface area contributed by atoms with Gasteiger partial charge in [0.2, 0.25) is 0 Å².